The van der Waals surface area contributed by atoms with Gasteiger partial charge < -0.3 is 9.67 Å². The molecule has 0 fully saturated rings. The number of aryl methyl sites for hydroxylation is 1. The first-order chi connectivity index (χ1) is 9.58. The van der Waals surface area contributed by atoms with Gasteiger partial charge in [-0.05, 0) is 42.3 Å². The standard InChI is InChI=1S/C16H20N2O2/c1-3-4-18-10-13(7-16(19)20)14-5-11-8-17(2)9-12(11)6-15(14)18/h5-6,10H,3-4,7-9H2,1-2H3,(H,19,20). The molecule has 1 aliphatic heterocycles. The Morgan fingerprint density at radius 3 is 2.65 bits per heavy atom. The van der Waals surface area contributed by atoms with E-state index in [4.69, 9.17) is 5.11 Å². The van der Waals surface area contributed by atoms with Crippen molar-refractivity contribution in [2.45, 2.75) is 39.4 Å². The summed E-state index contributed by atoms with van der Waals surface area (Å²) in [6.45, 7) is 5.02. The first-order valence-corrected chi connectivity index (χ1v) is 7.12. The van der Waals surface area contributed by atoms with Crippen molar-refractivity contribution in [1.82, 2.24) is 9.47 Å². The summed E-state index contributed by atoms with van der Waals surface area (Å²) in [4.78, 5) is 13.3. The smallest absolute Gasteiger partial charge is 0.307 e. The molecule has 2 heterocycles. The summed E-state index contributed by atoms with van der Waals surface area (Å²) in [5.41, 5.74) is 4.81. The molecule has 0 spiro atoms. The molecule has 0 bridgehead atoms. The lowest BCUT2D eigenvalue weighted by Crippen LogP contribution is -2.07. The zero-order valence-electron chi connectivity index (χ0n) is 12.0. The van der Waals surface area contributed by atoms with Gasteiger partial charge in [-0.2, -0.15) is 0 Å². The Morgan fingerprint density at radius 1 is 1.30 bits per heavy atom. The predicted molar refractivity (Wildman–Crippen MR) is 78.7 cm³/mol. The normalized spacial score (nSPS) is 14.9. The second kappa shape index (κ2) is 4.94. The fourth-order valence-electron chi connectivity index (χ4n) is 3.16. The Labute approximate surface area is 118 Å². The van der Waals surface area contributed by atoms with Crippen LogP contribution in [0.4, 0.5) is 0 Å². The van der Waals surface area contributed by atoms with Crippen LogP contribution >= 0.6 is 0 Å². The molecule has 0 aliphatic carbocycles. The van der Waals surface area contributed by atoms with Gasteiger partial charge in [0.25, 0.3) is 0 Å². The van der Waals surface area contributed by atoms with Crippen molar-refractivity contribution in [3.8, 4) is 0 Å². The monoisotopic (exact) mass is 272 g/mol. The number of benzene rings is 1. The van der Waals surface area contributed by atoms with Crippen LogP contribution in [0.25, 0.3) is 10.9 Å². The van der Waals surface area contributed by atoms with Gasteiger partial charge >= 0.3 is 5.97 Å². The van der Waals surface area contributed by atoms with E-state index in [1.807, 2.05) is 6.20 Å². The first kappa shape index (κ1) is 13.2. The summed E-state index contributed by atoms with van der Waals surface area (Å²) in [5.74, 6) is -0.766. The first-order valence-electron chi connectivity index (χ1n) is 7.12. The molecule has 4 heteroatoms. The van der Waals surface area contributed by atoms with Crippen molar-refractivity contribution in [2.75, 3.05) is 7.05 Å². The van der Waals surface area contributed by atoms with E-state index in [0.29, 0.717) is 0 Å². The highest BCUT2D eigenvalue weighted by Crippen LogP contribution is 2.30. The van der Waals surface area contributed by atoms with Crippen LogP contribution in [0.3, 0.4) is 0 Å². The highest BCUT2D eigenvalue weighted by molar-refractivity contribution is 5.89. The van der Waals surface area contributed by atoms with Gasteiger partial charge in [0.2, 0.25) is 0 Å². The summed E-state index contributed by atoms with van der Waals surface area (Å²) in [7, 11) is 2.11. The maximum Gasteiger partial charge on any atom is 0.307 e. The molecule has 0 saturated heterocycles. The van der Waals surface area contributed by atoms with Crippen LogP contribution in [0.1, 0.15) is 30.0 Å². The maximum absolute atomic E-state index is 11.0. The largest absolute Gasteiger partial charge is 0.481 e. The number of carboxylic acids is 1. The fraction of sp³-hybridized carbons (Fsp3) is 0.438. The molecule has 0 saturated carbocycles. The number of fused-ring (bicyclic) bond motifs is 2. The molecular weight excluding hydrogens is 252 g/mol. The van der Waals surface area contributed by atoms with Crippen LogP contribution in [-0.4, -0.2) is 27.6 Å². The van der Waals surface area contributed by atoms with E-state index in [1.165, 1.54) is 16.6 Å². The third-order valence-corrected chi connectivity index (χ3v) is 3.97. The third kappa shape index (κ3) is 2.20. The number of hydrogen-bond donors (Lipinski definition) is 1. The van der Waals surface area contributed by atoms with Crippen LogP contribution in [0.5, 0.6) is 0 Å². The lowest BCUT2D eigenvalue weighted by atomic mass is 10.0. The highest BCUT2D eigenvalue weighted by atomic mass is 16.4. The fourth-order valence-corrected chi connectivity index (χ4v) is 3.16. The van der Waals surface area contributed by atoms with Gasteiger partial charge in [-0.3, -0.25) is 9.69 Å². The Bertz CT molecular complexity index is 673. The van der Waals surface area contributed by atoms with E-state index in [-0.39, 0.29) is 6.42 Å². The lowest BCUT2D eigenvalue weighted by Gasteiger charge is -2.05. The minimum Gasteiger partial charge on any atom is -0.481 e. The van der Waals surface area contributed by atoms with Gasteiger partial charge in [-0.25, -0.2) is 0 Å². The van der Waals surface area contributed by atoms with E-state index in [9.17, 15) is 4.79 Å². The molecule has 4 nitrogen and oxygen atoms in total. The third-order valence-electron chi connectivity index (χ3n) is 3.97. The summed E-state index contributed by atoms with van der Waals surface area (Å²) < 4.78 is 2.20. The van der Waals surface area contributed by atoms with E-state index in [1.54, 1.807) is 0 Å². The van der Waals surface area contributed by atoms with Crippen molar-refractivity contribution in [3.63, 3.8) is 0 Å². The van der Waals surface area contributed by atoms with Crippen molar-refractivity contribution < 1.29 is 9.90 Å². The van der Waals surface area contributed by atoms with E-state index < -0.39 is 5.97 Å². The Morgan fingerprint density at radius 2 is 2.00 bits per heavy atom. The number of hydrogen-bond acceptors (Lipinski definition) is 2. The van der Waals surface area contributed by atoms with Gasteiger partial charge in [0.1, 0.15) is 0 Å². The van der Waals surface area contributed by atoms with Crippen molar-refractivity contribution in [3.05, 3.63) is 35.0 Å². The van der Waals surface area contributed by atoms with Gasteiger partial charge in [-0.15, -0.1) is 0 Å². The van der Waals surface area contributed by atoms with Crippen LogP contribution < -0.4 is 0 Å². The summed E-state index contributed by atoms with van der Waals surface area (Å²) in [6.07, 6.45) is 3.16. The van der Waals surface area contributed by atoms with Crippen molar-refractivity contribution in [2.24, 2.45) is 0 Å². The molecule has 0 radical (unpaired) electrons. The summed E-state index contributed by atoms with van der Waals surface area (Å²) >= 11 is 0. The molecule has 1 N–H and O–H groups in total. The topological polar surface area (TPSA) is 45.5 Å². The molecule has 0 unspecified atom stereocenters. The molecule has 0 amide bonds. The van der Waals surface area contributed by atoms with Gasteiger partial charge in [0.05, 0.1) is 6.42 Å². The summed E-state index contributed by atoms with van der Waals surface area (Å²) in [6, 6.07) is 4.44. The van der Waals surface area contributed by atoms with Crippen LogP contribution in [-0.2, 0) is 30.8 Å². The number of nitrogens with zero attached hydrogens (tertiary/aromatic N) is 2. The maximum atomic E-state index is 11.0. The molecule has 3 rings (SSSR count). The number of carboxylic acid groups (broad SMARTS) is 1. The Kier molecular flexibility index (Phi) is 3.26. The molecule has 20 heavy (non-hydrogen) atoms. The van der Waals surface area contributed by atoms with Crippen LogP contribution in [0, 0.1) is 0 Å². The quantitative estimate of drug-likeness (QED) is 0.930. The number of aromatic nitrogens is 1. The zero-order valence-corrected chi connectivity index (χ0v) is 12.0. The van der Waals surface area contributed by atoms with E-state index in [2.05, 4.69) is 35.6 Å². The SMILES string of the molecule is CCCn1cc(CC(=O)O)c2cc3c(cc21)CN(C)C3. The minimum absolute atomic E-state index is 0.0990. The number of carbonyl (C=O) groups is 1. The average Bonchev–Trinajstić information content (AvgIpc) is 2.87. The minimum atomic E-state index is -0.766. The molecule has 1 aromatic heterocycles. The second-order valence-corrected chi connectivity index (χ2v) is 5.73. The van der Waals surface area contributed by atoms with Gasteiger partial charge in [-0.1, -0.05) is 6.92 Å². The van der Waals surface area contributed by atoms with E-state index >= 15 is 0 Å². The number of rotatable bonds is 4. The Hall–Kier alpha value is -1.81. The molecule has 0 atom stereocenters. The average molecular weight is 272 g/mol. The second-order valence-electron chi connectivity index (χ2n) is 5.73. The van der Waals surface area contributed by atoms with Crippen LogP contribution in [0.2, 0.25) is 0 Å². The summed E-state index contributed by atoms with van der Waals surface area (Å²) in [5, 5.41) is 10.2. The molecule has 106 valence electrons. The number of aliphatic carboxylic acids is 1. The van der Waals surface area contributed by atoms with Gasteiger partial charge in [0.15, 0.2) is 0 Å². The lowest BCUT2D eigenvalue weighted by molar-refractivity contribution is -0.136. The molecule has 1 aliphatic rings. The highest BCUT2D eigenvalue weighted by Gasteiger charge is 2.19. The van der Waals surface area contributed by atoms with Crippen molar-refractivity contribution in [1.29, 1.82) is 0 Å². The van der Waals surface area contributed by atoms with Gasteiger partial charge in [0, 0.05) is 36.7 Å². The molecule has 1 aromatic carbocycles. The molecular formula is C16H20N2O2. The zero-order chi connectivity index (χ0) is 14.3. The van der Waals surface area contributed by atoms with Crippen LogP contribution in [0.15, 0.2) is 18.3 Å². The predicted octanol–water partition coefficient (Wildman–Crippen LogP) is 2.62. The van der Waals surface area contributed by atoms with E-state index in [0.717, 1.165) is 37.0 Å². The Balaban J connectivity index is 2.15. The van der Waals surface area contributed by atoms with Crippen molar-refractivity contribution >= 4 is 16.9 Å². The molecule has 2 aromatic rings.